The maximum atomic E-state index is 6.12. The van der Waals surface area contributed by atoms with E-state index in [0.717, 1.165) is 26.1 Å². The molecule has 1 atom stereocenters. The van der Waals surface area contributed by atoms with E-state index in [4.69, 9.17) is 5.73 Å². The number of likely N-dealkylation sites (tertiary alicyclic amines) is 1. The first-order valence-electron chi connectivity index (χ1n) is 5.96. The molecule has 16 heavy (non-hydrogen) atoms. The van der Waals surface area contributed by atoms with Crippen molar-refractivity contribution in [2.75, 3.05) is 13.1 Å². The molecule has 0 aromatic heterocycles. The molecule has 1 aliphatic rings. The van der Waals surface area contributed by atoms with Gasteiger partial charge in [-0.15, -0.1) is 0 Å². The maximum Gasteiger partial charge on any atom is 0.0383 e. The lowest BCUT2D eigenvalue weighted by atomic mass is 9.98. The molecule has 1 heterocycles. The lowest BCUT2D eigenvalue weighted by Gasteiger charge is -2.32. The van der Waals surface area contributed by atoms with Gasteiger partial charge in [0, 0.05) is 25.7 Å². The third-order valence-corrected chi connectivity index (χ3v) is 3.27. The summed E-state index contributed by atoms with van der Waals surface area (Å²) in [5.41, 5.74) is 8.90. The Balaban J connectivity index is 1.94. The lowest BCUT2D eigenvalue weighted by molar-refractivity contribution is 0.232. The van der Waals surface area contributed by atoms with Crippen molar-refractivity contribution in [3.05, 3.63) is 47.5 Å². The van der Waals surface area contributed by atoms with Gasteiger partial charge in [-0.3, -0.25) is 4.90 Å². The average Bonchev–Trinajstić information content (AvgIpc) is 2.31. The van der Waals surface area contributed by atoms with Crippen LogP contribution in [0.5, 0.6) is 0 Å². The van der Waals surface area contributed by atoms with Crippen LogP contribution >= 0.6 is 0 Å². The van der Waals surface area contributed by atoms with Crippen LogP contribution in [-0.2, 0) is 6.54 Å². The van der Waals surface area contributed by atoms with E-state index in [1.807, 2.05) is 0 Å². The number of benzene rings is 1. The first kappa shape index (κ1) is 11.4. The van der Waals surface area contributed by atoms with Crippen LogP contribution < -0.4 is 5.73 Å². The summed E-state index contributed by atoms with van der Waals surface area (Å²) in [4.78, 5) is 2.44. The monoisotopic (exact) mass is 216 g/mol. The Morgan fingerprint density at radius 1 is 1.38 bits per heavy atom. The molecule has 2 heteroatoms. The van der Waals surface area contributed by atoms with Crippen LogP contribution in [0.1, 0.15) is 18.9 Å². The van der Waals surface area contributed by atoms with Gasteiger partial charge in [0.1, 0.15) is 0 Å². The Labute approximate surface area is 97.8 Å². The van der Waals surface area contributed by atoms with Crippen LogP contribution in [0, 0.1) is 0 Å². The minimum Gasteiger partial charge on any atom is -0.323 e. The number of rotatable bonds is 2. The SMILES string of the molecule is C/C=C1\CCN(Cc2ccccc2)C[C@H]1N. The van der Waals surface area contributed by atoms with Gasteiger partial charge in [-0.05, 0) is 18.9 Å². The van der Waals surface area contributed by atoms with E-state index in [2.05, 4.69) is 48.2 Å². The Morgan fingerprint density at radius 3 is 2.75 bits per heavy atom. The van der Waals surface area contributed by atoms with E-state index in [1.54, 1.807) is 0 Å². The number of hydrogen-bond acceptors (Lipinski definition) is 2. The molecule has 0 spiro atoms. The summed E-state index contributed by atoms with van der Waals surface area (Å²) in [6.07, 6.45) is 3.29. The summed E-state index contributed by atoms with van der Waals surface area (Å²) in [6.45, 7) is 5.21. The van der Waals surface area contributed by atoms with Crippen molar-refractivity contribution < 1.29 is 0 Å². The van der Waals surface area contributed by atoms with Gasteiger partial charge in [0.05, 0.1) is 0 Å². The fourth-order valence-electron chi connectivity index (χ4n) is 2.30. The van der Waals surface area contributed by atoms with Gasteiger partial charge in [0.2, 0.25) is 0 Å². The standard InChI is InChI=1S/C14H20N2/c1-2-13-8-9-16(11-14(13)15)10-12-6-4-3-5-7-12/h2-7,14H,8-11,15H2,1H3/b13-2+/t14-/m1/s1. The highest BCUT2D eigenvalue weighted by Gasteiger charge is 2.20. The Bertz CT molecular complexity index is 356. The van der Waals surface area contributed by atoms with Gasteiger partial charge in [-0.2, -0.15) is 0 Å². The fraction of sp³-hybridized carbons (Fsp3) is 0.429. The second kappa shape index (κ2) is 5.28. The summed E-state index contributed by atoms with van der Waals surface area (Å²) in [5, 5.41) is 0. The lowest BCUT2D eigenvalue weighted by Crippen LogP contribution is -2.43. The zero-order chi connectivity index (χ0) is 11.4. The predicted octanol–water partition coefficient (Wildman–Crippen LogP) is 2.17. The molecule has 2 nitrogen and oxygen atoms in total. The van der Waals surface area contributed by atoms with Crippen molar-refractivity contribution in [2.45, 2.75) is 25.9 Å². The van der Waals surface area contributed by atoms with Crippen molar-refractivity contribution in [2.24, 2.45) is 5.73 Å². The van der Waals surface area contributed by atoms with E-state index < -0.39 is 0 Å². The maximum absolute atomic E-state index is 6.12. The molecule has 86 valence electrons. The second-order valence-electron chi connectivity index (χ2n) is 4.44. The topological polar surface area (TPSA) is 29.3 Å². The molecule has 1 fully saturated rings. The molecule has 0 bridgehead atoms. The highest BCUT2D eigenvalue weighted by molar-refractivity contribution is 5.17. The second-order valence-corrected chi connectivity index (χ2v) is 4.44. The van der Waals surface area contributed by atoms with Gasteiger partial charge >= 0.3 is 0 Å². The van der Waals surface area contributed by atoms with Crippen molar-refractivity contribution in [1.29, 1.82) is 0 Å². The molecule has 1 aromatic carbocycles. The van der Waals surface area contributed by atoms with Crippen LogP contribution in [0.2, 0.25) is 0 Å². The summed E-state index contributed by atoms with van der Waals surface area (Å²) in [7, 11) is 0. The Morgan fingerprint density at radius 2 is 2.12 bits per heavy atom. The molecular weight excluding hydrogens is 196 g/mol. The minimum atomic E-state index is 0.225. The smallest absolute Gasteiger partial charge is 0.0383 e. The predicted molar refractivity (Wildman–Crippen MR) is 68.1 cm³/mol. The molecule has 0 radical (unpaired) electrons. The number of piperidine rings is 1. The van der Waals surface area contributed by atoms with Crippen LogP contribution in [-0.4, -0.2) is 24.0 Å². The number of nitrogens with two attached hydrogens (primary N) is 1. The molecule has 2 rings (SSSR count). The van der Waals surface area contributed by atoms with Crippen molar-refractivity contribution in [3.8, 4) is 0 Å². The molecule has 1 aliphatic heterocycles. The average molecular weight is 216 g/mol. The van der Waals surface area contributed by atoms with Gasteiger partial charge in [-0.1, -0.05) is 42.0 Å². The van der Waals surface area contributed by atoms with E-state index >= 15 is 0 Å². The highest BCUT2D eigenvalue weighted by atomic mass is 15.1. The quantitative estimate of drug-likeness (QED) is 0.768. The van der Waals surface area contributed by atoms with E-state index in [9.17, 15) is 0 Å². The Hall–Kier alpha value is -1.12. The van der Waals surface area contributed by atoms with Crippen LogP contribution in [0.3, 0.4) is 0 Å². The van der Waals surface area contributed by atoms with Crippen molar-refractivity contribution >= 4 is 0 Å². The van der Waals surface area contributed by atoms with E-state index in [0.29, 0.717) is 0 Å². The molecule has 1 aromatic rings. The first-order chi connectivity index (χ1) is 7.79. The third-order valence-electron chi connectivity index (χ3n) is 3.27. The molecule has 1 saturated heterocycles. The van der Waals surface area contributed by atoms with Crippen LogP contribution in [0.4, 0.5) is 0 Å². The normalized spacial score (nSPS) is 24.9. The van der Waals surface area contributed by atoms with Gasteiger partial charge in [0.25, 0.3) is 0 Å². The molecule has 0 unspecified atom stereocenters. The molecule has 0 aliphatic carbocycles. The summed E-state index contributed by atoms with van der Waals surface area (Å²) in [5.74, 6) is 0. The molecule has 0 saturated carbocycles. The number of nitrogens with zero attached hydrogens (tertiary/aromatic N) is 1. The third kappa shape index (κ3) is 2.71. The zero-order valence-corrected chi connectivity index (χ0v) is 9.89. The molecule has 0 amide bonds. The molecule has 2 N–H and O–H groups in total. The molecular formula is C14H20N2. The van der Waals surface area contributed by atoms with Gasteiger partial charge in [-0.25, -0.2) is 0 Å². The van der Waals surface area contributed by atoms with Gasteiger partial charge in [0.15, 0.2) is 0 Å². The summed E-state index contributed by atoms with van der Waals surface area (Å²) >= 11 is 0. The van der Waals surface area contributed by atoms with E-state index in [1.165, 1.54) is 11.1 Å². The van der Waals surface area contributed by atoms with Crippen molar-refractivity contribution in [1.82, 2.24) is 4.90 Å². The van der Waals surface area contributed by atoms with Crippen LogP contribution in [0.15, 0.2) is 42.0 Å². The van der Waals surface area contributed by atoms with Gasteiger partial charge < -0.3 is 5.73 Å². The zero-order valence-electron chi connectivity index (χ0n) is 9.89. The first-order valence-corrected chi connectivity index (χ1v) is 5.96. The largest absolute Gasteiger partial charge is 0.323 e. The van der Waals surface area contributed by atoms with E-state index in [-0.39, 0.29) is 6.04 Å². The Kier molecular flexibility index (Phi) is 3.75. The van der Waals surface area contributed by atoms with Crippen LogP contribution in [0.25, 0.3) is 0 Å². The number of allylic oxidation sites excluding steroid dienone is 1. The summed E-state index contributed by atoms with van der Waals surface area (Å²) < 4.78 is 0. The fourth-order valence-corrected chi connectivity index (χ4v) is 2.30. The summed E-state index contributed by atoms with van der Waals surface area (Å²) in [6, 6.07) is 10.8. The number of hydrogen-bond donors (Lipinski definition) is 1. The minimum absolute atomic E-state index is 0.225. The van der Waals surface area contributed by atoms with Crippen molar-refractivity contribution in [3.63, 3.8) is 0 Å². The highest BCUT2D eigenvalue weighted by Crippen LogP contribution is 2.17.